The summed E-state index contributed by atoms with van der Waals surface area (Å²) in [5.74, 6) is -1.23. The van der Waals surface area contributed by atoms with Gasteiger partial charge in [-0.05, 0) is 101 Å². The second kappa shape index (κ2) is 15.0. The molecule has 0 fully saturated rings. The first-order chi connectivity index (χ1) is 30.7. The fraction of sp³-hybridized carbons (Fsp3) is 0.0741. The van der Waals surface area contributed by atoms with Crippen LogP contribution in [-0.2, 0) is 12.4 Å². The van der Waals surface area contributed by atoms with Gasteiger partial charge in [-0.25, -0.2) is 4.90 Å². The second-order valence-corrected chi connectivity index (χ2v) is 16.0. The summed E-state index contributed by atoms with van der Waals surface area (Å²) in [6.07, 6.45) is -9.32. The van der Waals surface area contributed by atoms with Crippen LogP contribution in [-0.4, -0.2) is 16.4 Å². The number of carbonyl (C=O) groups excluding carboxylic acids is 2. The highest BCUT2D eigenvalue weighted by Crippen LogP contribution is 2.47. The van der Waals surface area contributed by atoms with Gasteiger partial charge in [0.25, 0.3) is 11.8 Å². The third kappa shape index (κ3) is 6.73. The second-order valence-electron chi connectivity index (χ2n) is 16.0. The summed E-state index contributed by atoms with van der Waals surface area (Å²) in [5, 5.41) is 1.14. The average molecular weight is 857 g/mol. The van der Waals surface area contributed by atoms with Crippen molar-refractivity contribution < 1.29 is 35.9 Å². The van der Waals surface area contributed by atoms with Crippen molar-refractivity contribution in [3.05, 3.63) is 203 Å². The molecule has 10 heteroatoms. The summed E-state index contributed by atoms with van der Waals surface area (Å²) in [6, 6.07) is 47.4. The molecule has 1 aromatic heterocycles. The molecule has 0 saturated heterocycles. The van der Waals surface area contributed by atoms with Gasteiger partial charge in [0.05, 0.1) is 44.7 Å². The maximum atomic E-state index is 15.3. The van der Waals surface area contributed by atoms with E-state index < -0.39 is 35.3 Å². The molecule has 0 atom stereocenters. The van der Waals surface area contributed by atoms with Gasteiger partial charge in [0, 0.05) is 27.5 Å². The Morgan fingerprint density at radius 2 is 0.891 bits per heavy atom. The van der Waals surface area contributed by atoms with Gasteiger partial charge in [-0.3, -0.25) is 9.59 Å². The van der Waals surface area contributed by atoms with E-state index in [9.17, 15) is 31.1 Å². The van der Waals surface area contributed by atoms with Gasteiger partial charge in [0.1, 0.15) is 0 Å². The van der Waals surface area contributed by atoms with Crippen LogP contribution in [0.5, 0.6) is 0 Å². The Labute approximate surface area is 363 Å². The number of aromatic nitrogens is 1. The molecular formula is C54H34F6N2O2. The van der Waals surface area contributed by atoms with Gasteiger partial charge in [-0.2, -0.15) is 26.3 Å². The van der Waals surface area contributed by atoms with Crippen LogP contribution in [0.4, 0.5) is 32.0 Å². The molecule has 0 unspecified atom stereocenters. The van der Waals surface area contributed by atoms with E-state index in [2.05, 4.69) is 0 Å². The summed E-state index contributed by atoms with van der Waals surface area (Å²) in [4.78, 5) is 31.2. The summed E-state index contributed by atoms with van der Waals surface area (Å²) >= 11 is 0. The van der Waals surface area contributed by atoms with Gasteiger partial charge < -0.3 is 4.57 Å². The van der Waals surface area contributed by atoms with Crippen molar-refractivity contribution in [2.24, 2.45) is 0 Å². The number of benzene rings is 8. The largest absolute Gasteiger partial charge is 0.416 e. The number of carbonyl (C=O) groups is 2. The minimum atomic E-state index is -4.66. The van der Waals surface area contributed by atoms with E-state index in [1.165, 1.54) is 0 Å². The minimum Gasteiger partial charge on any atom is -0.307 e. The summed E-state index contributed by atoms with van der Waals surface area (Å²) in [7, 11) is 0. The summed E-state index contributed by atoms with van der Waals surface area (Å²) in [5.41, 5.74) is 4.89. The van der Waals surface area contributed by atoms with Crippen LogP contribution in [0.3, 0.4) is 0 Å². The highest BCUT2D eigenvalue weighted by Gasteiger charge is 2.41. The average Bonchev–Trinajstić information content (AvgIpc) is 3.76. The molecule has 0 saturated carbocycles. The Kier molecular flexibility index (Phi) is 9.44. The lowest BCUT2D eigenvalue weighted by atomic mass is 9.96. The Bertz CT molecular complexity index is 3250. The van der Waals surface area contributed by atoms with Crippen molar-refractivity contribution in [2.75, 3.05) is 4.90 Å². The van der Waals surface area contributed by atoms with E-state index in [0.29, 0.717) is 55.3 Å². The van der Waals surface area contributed by atoms with E-state index in [1.807, 2.05) is 72.8 Å². The van der Waals surface area contributed by atoms with Gasteiger partial charge in [-0.15, -0.1) is 0 Å². The molecule has 9 aromatic rings. The molecule has 64 heavy (non-hydrogen) atoms. The van der Waals surface area contributed by atoms with Crippen LogP contribution in [0.25, 0.3) is 72.0 Å². The molecule has 2 heterocycles. The number of alkyl halides is 6. The highest BCUT2D eigenvalue weighted by molar-refractivity contribution is 6.36. The van der Waals surface area contributed by atoms with Crippen LogP contribution in [0.2, 0.25) is 0 Å². The smallest absolute Gasteiger partial charge is 0.307 e. The summed E-state index contributed by atoms with van der Waals surface area (Å²) in [6.45, 7) is 3.14. The molecule has 8 aromatic carbocycles. The lowest BCUT2D eigenvalue weighted by molar-refractivity contribution is -0.138. The van der Waals surface area contributed by atoms with Crippen LogP contribution in [0, 0.1) is 13.8 Å². The maximum Gasteiger partial charge on any atom is 0.416 e. The number of aryl methyl sites for hydroxylation is 2. The van der Waals surface area contributed by atoms with Gasteiger partial charge in [0.15, 0.2) is 0 Å². The molecule has 0 radical (unpaired) electrons. The molecule has 2 amide bonds. The van der Waals surface area contributed by atoms with Gasteiger partial charge >= 0.3 is 12.4 Å². The maximum absolute atomic E-state index is 15.3. The minimum absolute atomic E-state index is 0.0301. The fourth-order valence-corrected chi connectivity index (χ4v) is 9.09. The highest BCUT2D eigenvalue weighted by atomic mass is 19.4. The molecule has 0 bridgehead atoms. The molecule has 4 nitrogen and oxygen atoms in total. The zero-order valence-corrected chi connectivity index (χ0v) is 34.1. The van der Waals surface area contributed by atoms with Crippen molar-refractivity contribution >= 4 is 39.3 Å². The molecule has 0 spiro atoms. The van der Waals surface area contributed by atoms with E-state index in [1.54, 1.807) is 91.2 Å². The lowest BCUT2D eigenvalue weighted by Crippen LogP contribution is -2.30. The molecular weight excluding hydrogens is 823 g/mol. The number of hydrogen-bond acceptors (Lipinski definition) is 2. The predicted octanol–water partition coefficient (Wildman–Crippen LogP) is 14.9. The van der Waals surface area contributed by atoms with Gasteiger partial charge in [0.2, 0.25) is 0 Å². The quantitative estimate of drug-likeness (QED) is 0.123. The Morgan fingerprint density at radius 3 is 1.42 bits per heavy atom. The van der Waals surface area contributed by atoms with E-state index in [-0.39, 0.29) is 27.9 Å². The van der Waals surface area contributed by atoms with E-state index >= 15 is 4.79 Å². The summed E-state index contributed by atoms with van der Waals surface area (Å²) < 4.78 is 88.0. The first-order valence-corrected chi connectivity index (χ1v) is 20.4. The Hall–Kier alpha value is -7.72. The molecule has 0 aliphatic carbocycles. The molecule has 1 aliphatic rings. The molecule has 10 rings (SSSR count). The zero-order valence-electron chi connectivity index (χ0n) is 34.1. The standard InChI is InChI=1S/C54H34F6N2O2/c1-31-24-36(28-38(26-31)53(55,56)57)40-16-9-18-42-43-19-10-17-41(37-25-32(2)27-39(29-37)54(58,59)60)50(43)61(49(40)42)47-21-11-20-44-48(47)52(64)62(51(44)63)46-23-22-35(33-12-5-3-6-13-33)30-45(46)34-14-7-4-8-15-34/h3-30H,1-2H3. The number of amides is 2. The fourth-order valence-electron chi connectivity index (χ4n) is 9.09. The SMILES string of the molecule is Cc1cc(-c2cccc3c4cccc(-c5cc(C)cc(C(F)(F)F)c5)c4n(-c4cccc5c4C(=O)N(c4ccc(-c6ccccc6)cc4-c4ccccc4)C5=O)c23)cc(C(F)(F)F)c1. The molecule has 1 aliphatic heterocycles. The van der Waals surface area contributed by atoms with Crippen molar-refractivity contribution in [3.8, 4) is 50.2 Å². The lowest BCUT2D eigenvalue weighted by Gasteiger charge is -2.20. The molecule has 0 N–H and O–H groups in total. The number of fused-ring (bicyclic) bond motifs is 4. The van der Waals surface area contributed by atoms with Crippen LogP contribution in [0.1, 0.15) is 43.0 Å². The van der Waals surface area contributed by atoms with Crippen LogP contribution >= 0.6 is 0 Å². The first kappa shape index (κ1) is 40.4. The number of nitrogens with zero attached hydrogens (tertiary/aromatic N) is 2. The normalized spacial score (nSPS) is 13.0. The number of imide groups is 1. The van der Waals surface area contributed by atoms with E-state index in [4.69, 9.17) is 0 Å². The van der Waals surface area contributed by atoms with Crippen LogP contribution in [0.15, 0.2) is 170 Å². The van der Waals surface area contributed by atoms with E-state index in [0.717, 1.165) is 45.9 Å². The van der Waals surface area contributed by atoms with Crippen molar-refractivity contribution in [1.29, 1.82) is 0 Å². The van der Waals surface area contributed by atoms with Crippen molar-refractivity contribution in [1.82, 2.24) is 4.57 Å². The number of anilines is 1. The number of rotatable bonds is 6. The zero-order chi connectivity index (χ0) is 44.7. The Balaban J connectivity index is 1.27. The van der Waals surface area contributed by atoms with Crippen molar-refractivity contribution in [2.45, 2.75) is 26.2 Å². The van der Waals surface area contributed by atoms with Gasteiger partial charge in [-0.1, -0.05) is 121 Å². The number of hydrogen-bond donors (Lipinski definition) is 0. The number of para-hydroxylation sites is 2. The topological polar surface area (TPSA) is 42.3 Å². The first-order valence-electron chi connectivity index (χ1n) is 20.4. The third-order valence-electron chi connectivity index (χ3n) is 11.8. The molecule has 314 valence electrons. The number of halogens is 6. The third-order valence-corrected chi connectivity index (χ3v) is 11.8. The van der Waals surface area contributed by atoms with Crippen LogP contribution < -0.4 is 4.90 Å². The predicted molar refractivity (Wildman–Crippen MR) is 240 cm³/mol. The Morgan fingerprint density at radius 1 is 0.391 bits per heavy atom. The monoisotopic (exact) mass is 856 g/mol. The van der Waals surface area contributed by atoms with Crippen molar-refractivity contribution in [3.63, 3.8) is 0 Å².